The highest BCUT2D eigenvalue weighted by atomic mass is 16.5. The summed E-state index contributed by atoms with van der Waals surface area (Å²) in [5, 5.41) is 11.9. The lowest BCUT2D eigenvalue weighted by molar-refractivity contribution is 0.0981. The maximum absolute atomic E-state index is 12.7. The summed E-state index contributed by atoms with van der Waals surface area (Å²) >= 11 is 0. The first-order valence-corrected chi connectivity index (χ1v) is 7.87. The molecule has 0 heterocycles. The van der Waals surface area contributed by atoms with E-state index in [-0.39, 0.29) is 11.5 Å². The fraction of sp³-hybridized carbons (Fsp3) is 0.0952. The van der Waals surface area contributed by atoms with Gasteiger partial charge in [-0.3, -0.25) is 4.79 Å². The first-order chi connectivity index (χ1) is 12.1. The lowest BCUT2D eigenvalue weighted by Crippen LogP contribution is -2.10. The van der Waals surface area contributed by atoms with Gasteiger partial charge in [0.05, 0.1) is 14.2 Å². The van der Waals surface area contributed by atoms with E-state index in [1.807, 2.05) is 42.5 Å². The number of methoxy groups -OCH3 is 2. The van der Waals surface area contributed by atoms with Crippen molar-refractivity contribution >= 4 is 22.6 Å². The van der Waals surface area contributed by atoms with Gasteiger partial charge in [-0.1, -0.05) is 36.4 Å². The zero-order valence-corrected chi connectivity index (χ0v) is 13.9. The largest absolute Gasteiger partial charge is 0.504 e. The number of carbonyl (C=O) groups is 1. The van der Waals surface area contributed by atoms with E-state index in [9.17, 15) is 9.90 Å². The van der Waals surface area contributed by atoms with Gasteiger partial charge in [0.25, 0.3) is 0 Å². The number of ether oxygens (including phenoxy) is 2. The Labute approximate surface area is 144 Å². The summed E-state index contributed by atoms with van der Waals surface area (Å²) in [5.74, 6) is 0.598. The Balaban J connectivity index is 2.03. The zero-order chi connectivity index (χ0) is 17.6. The van der Waals surface area contributed by atoms with Gasteiger partial charge >= 0.3 is 0 Å². The Hall–Kier alpha value is -3.27. The van der Waals surface area contributed by atoms with Crippen LogP contribution in [0.1, 0.15) is 15.9 Å². The van der Waals surface area contributed by atoms with E-state index in [0.717, 1.165) is 27.5 Å². The minimum absolute atomic E-state index is 0.243. The highest BCUT2D eigenvalue weighted by Crippen LogP contribution is 2.39. The number of Topliss-reactive ketones (excluding diaryl/α,β-unsaturated/α-hetero) is 1. The fourth-order valence-corrected chi connectivity index (χ4v) is 3.35. The third-order valence-corrected chi connectivity index (χ3v) is 4.52. The van der Waals surface area contributed by atoms with Crippen molar-refractivity contribution in [1.29, 1.82) is 0 Å². The molecule has 0 unspecified atom stereocenters. The van der Waals surface area contributed by atoms with Crippen molar-refractivity contribution in [3.8, 4) is 22.6 Å². The van der Waals surface area contributed by atoms with E-state index in [0.29, 0.717) is 17.1 Å². The van der Waals surface area contributed by atoms with Gasteiger partial charge in [0.15, 0.2) is 17.3 Å². The minimum Gasteiger partial charge on any atom is -0.504 e. The molecule has 124 valence electrons. The molecule has 0 aliphatic heterocycles. The van der Waals surface area contributed by atoms with Crippen molar-refractivity contribution < 1.29 is 19.4 Å². The molecule has 3 aromatic carbocycles. The lowest BCUT2D eigenvalue weighted by atomic mass is 9.85. The number of hydrogen-bond acceptors (Lipinski definition) is 4. The maximum Gasteiger partial charge on any atom is 0.228 e. The van der Waals surface area contributed by atoms with Crippen molar-refractivity contribution in [2.45, 2.75) is 0 Å². The molecule has 4 heteroatoms. The van der Waals surface area contributed by atoms with Gasteiger partial charge in [-0.25, -0.2) is 0 Å². The van der Waals surface area contributed by atoms with E-state index in [1.165, 1.54) is 6.08 Å². The summed E-state index contributed by atoms with van der Waals surface area (Å²) < 4.78 is 10.7. The van der Waals surface area contributed by atoms with Gasteiger partial charge < -0.3 is 14.6 Å². The number of aliphatic hydroxyl groups excluding tert-OH is 1. The fourth-order valence-electron chi connectivity index (χ4n) is 3.35. The number of aliphatic hydroxyl groups is 1. The van der Waals surface area contributed by atoms with Crippen LogP contribution in [0.5, 0.6) is 11.5 Å². The molecular formula is C21H16O4. The molecule has 0 radical (unpaired) electrons. The Kier molecular flexibility index (Phi) is 3.46. The van der Waals surface area contributed by atoms with Crippen LogP contribution in [-0.2, 0) is 0 Å². The van der Waals surface area contributed by atoms with Crippen molar-refractivity contribution in [1.82, 2.24) is 0 Å². The van der Waals surface area contributed by atoms with Gasteiger partial charge in [0.1, 0.15) is 0 Å². The van der Waals surface area contributed by atoms with Crippen LogP contribution in [0.2, 0.25) is 0 Å². The molecule has 25 heavy (non-hydrogen) atoms. The Morgan fingerprint density at radius 2 is 1.72 bits per heavy atom. The van der Waals surface area contributed by atoms with Crippen molar-refractivity contribution in [3.05, 3.63) is 65.4 Å². The van der Waals surface area contributed by atoms with Crippen LogP contribution >= 0.6 is 0 Å². The van der Waals surface area contributed by atoms with Crippen molar-refractivity contribution in [3.63, 3.8) is 0 Å². The van der Waals surface area contributed by atoms with Gasteiger partial charge in [-0.2, -0.15) is 0 Å². The zero-order valence-electron chi connectivity index (χ0n) is 13.9. The molecule has 0 bridgehead atoms. The van der Waals surface area contributed by atoms with Crippen LogP contribution in [0.4, 0.5) is 0 Å². The lowest BCUT2D eigenvalue weighted by Gasteiger charge is -2.18. The molecule has 0 aromatic heterocycles. The van der Waals surface area contributed by atoms with Crippen LogP contribution < -0.4 is 9.47 Å². The molecule has 0 atom stereocenters. The summed E-state index contributed by atoms with van der Waals surface area (Å²) in [6.45, 7) is 0. The van der Waals surface area contributed by atoms with Crippen molar-refractivity contribution in [2.24, 2.45) is 0 Å². The predicted octanol–water partition coefficient (Wildman–Crippen LogP) is 4.62. The molecule has 1 aliphatic rings. The third-order valence-electron chi connectivity index (χ3n) is 4.52. The Morgan fingerprint density at radius 3 is 2.48 bits per heavy atom. The van der Waals surface area contributed by atoms with Crippen LogP contribution in [0, 0.1) is 0 Å². The van der Waals surface area contributed by atoms with E-state index < -0.39 is 0 Å². The highest BCUT2D eigenvalue weighted by molar-refractivity contribution is 6.24. The molecule has 3 aromatic rings. The minimum atomic E-state index is -0.367. The quantitative estimate of drug-likeness (QED) is 0.760. The normalized spacial score (nSPS) is 12.9. The van der Waals surface area contributed by atoms with Crippen LogP contribution in [0.3, 0.4) is 0 Å². The first-order valence-electron chi connectivity index (χ1n) is 7.87. The number of allylic oxidation sites excluding steroid dienone is 1. The van der Waals surface area contributed by atoms with Crippen LogP contribution in [0.15, 0.2) is 54.3 Å². The van der Waals surface area contributed by atoms with Crippen LogP contribution in [-0.4, -0.2) is 25.1 Å². The van der Waals surface area contributed by atoms with Crippen molar-refractivity contribution in [2.75, 3.05) is 14.2 Å². The van der Waals surface area contributed by atoms with Gasteiger partial charge in [0.2, 0.25) is 5.78 Å². The summed E-state index contributed by atoms with van der Waals surface area (Å²) in [4.78, 5) is 12.7. The summed E-state index contributed by atoms with van der Waals surface area (Å²) in [7, 11) is 3.15. The number of rotatable bonds is 3. The molecular weight excluding hydrogens is 316 g/mol. The number of carbonyl (C=O) groups excluding carboxylic acids is 1. The van der Waals surface area contributed by atoms with E-state index >= 15 is 0 Å². The van der Waals surface area contributed by atoms with E-state index in [2.05, 4.69) is 0 Å². The second-order valence-electron chi connectivity index (χ2n) is 5.86. The highest BCUT2D eigenvalue weighted by Gasteiger charge is 2.25. The number of benzene rings is 3. The Morgan fingerprint density at radius 1 is 0.920 bits per heavy atom. The average Bonchev–Trinajstić information content (AvgIpc) is 2.65. The van der Waals surface area contributed by atoms with E-state index in [1.54, 1.807) is 20.3 Å². The summed E-state index contributed by atoms with van der Waals surface area (Å²) in [6, 6.07) is 15.2. The summed E-state index contributed by atoms with van der Waals surface area (Å²) in [6.07, 6.45) is 1.52. The SMILES string of the molecule is COc1ccc(-c2ccc3cccc4c3c2C(=O)C(O)=C4)cc1OC. The molecule has 1 N–H and O–H groups in total. The number of hydrogen-bond donors (Lipinski definition) is 1. The number of ketones is 1. The molecule has 1 aliphatic carbocycles. The molecule has 0 fully saturated rings. The molecule has 0 amide bonds. The van der Waals surface area contributed by atoms with Gasteiger partial charge in [0, 0.05) is 10.9 Å². The standard InChI is InChI=1S/C21H16O4/c1-24-17-9-7-13(11-18(17)25-2)15-8-6-12-4-3-5-14-10-16(22)21(23)20(15)19(12)14/h3-11,22H,1-2H3. The smallest absolute Gasteiger partial charge is 0.228 e. The Bertz CT molecular complexity index is 1050. The topological polar surface area (TPSA) is 55.8 Å². The average molecular weight is 332 g/mol. The first kappa shape index (κ1) is 15.3. The predicted molar refractivity (Wildman–Crippen MR) is 97.4 cm³/mol. The maximum atomic E-state index is 12.7. The molecule has 0 spiro atoms. The molecule has 0 saturated carbocycles. The monoisotopic (exact) mass is 332 g/mol. The summed E-state index contributed by atoms with van der Waals surface area (Å²) in [5.41, 5.74) is 2.94. The molecule has 4 nitrogen and oxygen atoms in total. The molecule has 4 rings (SSSR count). The van der Waals surface area contributed by atoms with Gasteiger partial charge in [-0.15, -0.1) is 0 Å². The van der Waals surface area contributed by atoms with Gasteiger partial charge in [-0.05, 0) is 40.3 Å². The third kappa shape index (κ3) is 2.26. The second kappa shape index (κ2) is 5.67. The second-order valence-corrected chi connectivity index (χ2v) is 5.86. The van der Waals surface area contributed by atoms with E-state index in [4.69, 9.17) is 9.47 Å². The molecule has 0 saturated heterocycles. The van der Waals surface area contributed by atoms with Crippen LogP contribution in [0.25, 0.3) is 28.0 Å².